The summed E-state index contributed by atoms with van der Waals surface area (Å²) in [5.74, 6) is -0.314. The van der Waals surface area contributed by atoms with Crippen LogP contribution < -0.4 is 15.4 Å². The average Bonchev–Trinajstić information content (AvgIpc) is 3.30. The Morgan fingerprint density at radius 2 is 2.05 bits per heavy atom. The molecule has 0 spiro atoms. The number of hydrogen-bond acceptors (Lipinski definition) is 3. The number of amides is 2. The lowest BCUT2D eigenvalue weighted by molar-refractivity contribution is -0.144. The Kier molecular flexibility index (Phi) is 4.35. The molecule has 3 N–H and O–H groups in total. The molecule has 0 heterocycles. The van der Waals surface area contributed by atoms with E-state index in [-0.39, 0.29) is 12.5 Å². The summed E-state index contributed by atoms with van der Waals surface area (Å²) in [6.45, 7) is 1.83. The van der Waals surface area contributed by atoms with Gasteiger partial charge in [-0.2, -0.15) is 0 Å². The van der Waals surface area contributed by atoms with E-state index in [9.17, 15) is 14.7 Å². The molecule has 0 aromatic heterocycles. The SMILES string of the molecule is COc1ccccc1CNC(=O)NC(C)(C(=O)O)C1CC1. The van der Waals surface area contributed by atoms with Crippen LogP contribution in [0.2, 0.25) is 0 Å². The Morgan fingerprint density at radius 3 is 2.62 bits per heavy atom. The highest BCUT2D eigenvalue weighted by atomic mass is 16.5. The van der Waals surface area contributed by atoms with Gasteiger partial charge in [0.2, 0.25) is 0 Å². The summed E-state index contributed by atoms with van der Waals surface area (Å²) in [5.41, 5.74) is -0.371. The molecule has 1 aliphatic carbocycles. The Labute approximate surface area is 123 Å². The molecule has 2 rings (SSSR count). The molecule has 2 amide bonds. The third-order valence-electron chi connectivity index (χ3n) is 3.84. The van der Waals surface area contributed by atoms with Gasteiger partial charge in [-0.3, -0.25) is 0 Å². The Balaban J connectivity index is 1.94. The van der Waals surface area contributed by atoms with Crippen molar-refractivity contribution in [3.8, 4) is 5.75 Å². The van der Waals surface area contributed by atoms with Gasteiger partial charge >= 0.3 is 12.0 Å². The number of hydrogen-bond donors (Lipinski definition) is 3. The predicted molar refractivity (Wildman–Crippen MR) is 77.1 cm³/mol. The zero-order valence-electron chi connectivity index (χ0n) is 12.2. The summed E-state index contributed by atoms with van der Waals surface area (Å²) < 4.78 is 5.20. The molecule has 0 bridgehead atoms. The first-order valence-corrected chi connectivity index (χ1v) is 6.88. The number of carboxylic acid groups (broad SMARTS) is 1. The molecule has 1 atom stereocenters. The van der Waals surface area contributed by atoms with Crippen LogP contribution in [0.25, 0.3) is 0 Å². The molecular weight excluding hydrogens is 272 g/mol. The topological polar surface area (TPSA) is 87.7 Å². The number of urea groups is 1. The molecule has 0 saturated heterocycles. The van der Waals surface area contributed by atoms with Crippen molar-refractivity contribution in [1.29, 1.82) is 0 Å². The molecule has 1 saturated carbocycles. The van der Waals surface area contributed by atoms with Crippen molar-refractivity contribution < 1.29 is 19.4 Å². The van der Waals surface area contributed by atoms with Gasteiger partial charge < -0.3 is 20.5 Å². The smallest absolute Gasteiger partial charge is 0.329 e. The van der Waals surface area contributed by atoms with E-state index in [1.807, 2.05) is 18.2 Å². The van der Waals surface area contributed by atoms with Crippen LogP contribution in [-0.2, 0) is 11.3 Å². The van der Waals surface area contributed by atoms with E-state index in [2.05, 4.69) is 10.6 Å². The van der Waals surface area contributed by atoms with E-state index in [4.69, 9.17) is 4.74 Å². The van der Waals surface area contributed by atoms with E-state index in [1.54, 1.807) is 20.1 Å². The largest absolute Gasteiger partial charge is 0.496 e. The molecule has 1 aromatic rings. The fourth-order valence-corrected chi connectivity index (χ4v) is 2.30. The maximum absolute atomic E-state index is 11.9. The summed E-state index contributed by atoms with van der Waals surface area (Å²) in [5, 5.41) is 14.5. The highest BCUT2D eigenvalue weighted by molar-refractivity contribution is 5.86. The fourth-order valence-electron chi connectivity index (χ4n) is 2.30. The molecule has 1 aromatic carbocycles. The molecule has 1 unspecified atom stereocenters. The van der Waals surface area contributed by atoms with Crippen LogP contribution in [0.15, 0.2) is 24.3 Å². The minimum atomic E-state index is -1.20. The number of benzene rings is 1. The lowest BCUT2D eigenvalue weighted by Gasteiger charge is -2.26. The van der Waals surface area contributed by atoms with Gasteiger partial charge in [-0.1, -0.05) is 18.2 Å². The van der Waals surface area contributed by atoms with Crippen molar-refractivity contribution >= 4 is 12.0 Å². The molecule has 0 radical (unpaired) electrons. The molecule has 1 fully saturated rings. The van der Waals surface area contributed by atoms with Crippen LogP contribution in [0.1, 0.15) is 25.3 Å². The van der Waals surface area contributed by atoms with Crippen LogP contribution in [0.3, 0.4) is 0 Å². The third kappa shape index (κ3) is 3.45. The normalized spacial score (nSPS) is 16.7. The van der Waals surface area contributed by atoms with Gasteiger partial charge in [0.25, 0.3) is 0 Å². The fraction of sp³-hybridized carbons (Fsp3) is 0.467. The summed E-state index contributed by atoms with van der Waals surface area (Å²) in [6, 6.07) is 6.86. The quantitative estimate of drug-likeness (QED) is 0.745. The highest BCUT2D eigenvalue weighted by Crippen LogP contribution is 2.39. The van der Waals surface area contributed by atoms with Gasteiger partial charge in [-0.25, -0.2) is 9.59 Å². The molecule has 6 nitrogen and oxygen atoms in total. The van der Waals surface area contributed by atoms with Gasteiger partial charge in [0.1, 0.15) is 11.3 Å². The van der Waals surface area contributed by atoms with Crippen molar-refractivity contribution in [1.82, 2.24) is 10.6 Å². The van der Waals surface area contributed by atoms with E-state index >= 15 is 0 Å². The lowest BCUT2D eigenvalue weighted by atomic mass is 9.96. The lowest BCUT2D eigenvalue weighted by Crippen LogP contribution is -2.56. The molecular formula is C15H20N2O4. The van der Waals surface area contributed by atoms with Crippen LogP contribution in [0, 0.1) is 5.92 Å². The zero-order chi connectivity index (χ0) is 15.5. The average molecular weight is 292 g/mol. The third-order valence-corrected chi connectivity index (χ3v) is 3.84. The predicted octanol–water partition coefficient (Wildman–Crippen LogP) is 1.75. The number of para-hydroxylation sites is 1. The van der Waals surface area contributed by atoms with Crippen molar-refractivity contribution in [3.05, 3.63) is 29.8 Å². The van der Waals surface area contributed by atoms with Crippen LogP contribution in [0.4, 0.5) is 4.79 Å². The van der Waals surface area contributed by atoms with E-state index in [0.717, 1.165) is 18.4 Å². The maximum atomic E-state index is 11.9. The van der Waals surface area contributed by atoms with Gasteiger partial charge in [0.15, 0.2) is 0 Å². The summed E-state index contributed by atoms with van der Waals surface area (Å²) in [4.78, 5) is 23.3. The highest BCUT2D eigenvalue weighted by Gasteiger charge is 2.48. The van der Waals surface area contributed by atoms with Gasteiger partial charge in [0, 0.05) is 12.1 Å². The second-order valence-corrected chi connectivity index (χ2v) is 5.40. The number of methoxy groups -OCH3 is 1. The Bertz CT molecular complexity index is 542. The molecule has 1 aliphatic rings. The van der Waals surface area contributed by atoms with Gasteiger partial charge in [0.05, 0.1) is 7.11 Å². The van der Waals surface area contributed by atoms with Crippen molar-refractivity contribution in [2.75, 3.05) is 7.11 Å². The number of carboxylic acids is 1. The molecule has 0 aliphatic heterocycles. The number of carbonyl (C=O) groups excluding carboxylic acids is 1. The van der Waals surface area contributed by atoms with Gasteiger partial charge in [-0.15, -0.1) is 0 Å². The minimum absolute atomic E-state index is 0.00649. The van der Waals surface area contributed by atoms with Crippen LogP contribution in [0.5, 0.6) is 5.75 Å². The number of nitrogens with one attached hydrogen (secondary N) is 2. The first kappa shape index (κ1) is 15.2. The zero-order valence-corrected chi connectivity index (χ0v) is 12.2. The number of carbonyl (C=O) groups is 2. The van der Waals surface area contributed by atoms with Crippen molar-refractivity contribution in [2.24, 2.45) is 5.92 Å². The first-order valence-electron chi connectivity index (χ1n) is 6.88. The summed E-state index contributed by atoms with van der Waals surface area (Å²) >= 11 is 0. The van der Waals surface area contributed by atoms with Crippen molar-refractivity contribution in [3.63, 3.8) is 0 Å². The molecule has 6 heteroatoms. The molecule has 21 heavy (non-hydrogen) atoms. The maximum Gasteiger partial charge on any atom is 0.329 e. The van der Waals surface area contributed by atoms with E-state index in [1.165, 1.54) is 0 Å². The minimum Gasteiger partial charge on any atom is -0.496 e. The monoisotopic (exact) mass is 292 g/mol. The van der Waals surface area contributed by atoms with E-state index < -0.39 is 17.5 Å². The number of aliphatic carboxylic acids is 1. The standard InChI is InChI=1S/C15H20N2O4/c1-15(13(18)19,11-7-8-11)17-14(20)16-9-10-5-3-4-6-12(10)21-2/h3-6,11H,7-9H2,1-2H3,(H,18,19)(H2,16,17,20). The summed E-state index contributed by atoms with van der Waals surface area (Å²) in [6.07, 6.45) is 1.66. The first-order chi connectivity index (χ1) is 9.97. The van der Waals surface area contributed by atoms with Crippen molar-refractivity contribution in [2.45, 2.75) is 31.8 Å². The summed E-state index contributed by atoms with van der Waals surface area (Å²) in [7, 11) is 1.56. The Morgan fingerprint density at radius 1 is 1.38 bits per heavy atom. The Hall–Kier alpha value is -2.24. The van der Waals surface area contributed by atoms with Crippen LogP contribution >= 0.6 is 0 Å². The van der Waals surface area contributed by atoms with Crippen LogP contribution in [-0.4, -0.2) is 29.8 Å². The number of rotatable bonds is 6. The second-order valence-electron chi connectivity index (χ2n) is 5.40. The van der Waals surface area contributed by atoms with Gasteiger partial charge in [-0.05, 0) is 31.7 Å². The van der Waals surface area contributed by atoms with E-state index in [0.29, 0.717) is 5.75 Å². The second kappa shape index (κ2) is 6.03. The molecule has 114 valence electrons. The number of ether oxygens (including phenoxy) is 1.